The lowest BCUT2D eigenvalue weighted by Crippen LogP contribution is -1.82. The van der Waals surface area contributed by atoms with Crippen molar-refractivity contribution in [3.05, 3.63) is 72.1 Å². The van der Waals surface area contributed by atoms with Crippen molar-refractivity contribution >= 4 is 32.9 Å². The van der Waals surface area contributed by atoms with Gasteiger partial charge in [0.1, 0.15) is 5.75 Å². The molecule has 0 bridgehead atoms. The highest BCUT2D eigenvalue weighted by Crippen LogP contribution is 2.30. The van der Waals surface area contributed by atoms with E-state index in [1.54, 1.807) is 11.3 Å². The first-order valence-corrected chi connectivity index (χ1v) is 7.33. The fourth-order valence-electron chi connectivity index (χ4n) is 2.33. The molecule has 1 heterocycles. The zero-order valence-corrected chi connectivity index (χ0v) is 11.5. The van der Waals surface area contributed by atoms with Crippen LogP contribution in [-0.2, 0) is 0 Å². The Morgan fingerprint density at radius 3 is 2.45 bits per heavy atom. The first-order valence-electron chi connectivity index (χ1n) is 6.45. The smallest absolute Gasteiger partial charge is 0.180 e. The monoisotopic (exact) mass is 275 g/mol. The molecule has 0 amide bonds. The van der Waals surface area contributed by atoms with E-state index >= 15 is 0 Å². The molecule has 0 aliphatic rings. The Balaban J connectivity index is 1.83. The minimum Gasteiger partial charge on any atom is -0.446 e. The Morgan fingerprint density at radius 1 is 0.800 bits per heavy atom. The SMILES string of the molecule is [c]1c(Oc2cccs2)ccc2cc3ccccc3cc12. The Hall–Kier alpha value is -2.32. The Kier molecular flexibility index (Phi) is 2.68. The summed E-state index contributed by atoms with van der Waals surface area (Å²) >= 11 is 1.58. The quantitative estimate of drug-likeness (QED) is 0.430. The first kappa shape index (κ1) is 11.5. The minimum atomic E-state index is 0.759. The van der Waals surface area contributed by atoms with Crippen LogP contribution in [0.5, 0.6) is 10.8 Å². The normalized spacial score (nSPS) is 11.0. The topological polar surface area (TPSA) is 9.23 Å². The van der Waals surface area contributed by atoms with Crippen LogP contribution in [0.15, 0.2) is 66.0 Å². The molecule has 0 aliphatic heterocycles. The summed E-state index contributed by atoms with van der Waals surface area (Å²) < 4.78 is 5.80. The van der Waals surface area contributed by atoms with Crippen molar-refractivity contribution in [1.29, 1.82) is 0 Å². The van der Waals surface area contributed by atoms with Crippen molar-refractivity contribution in [2.24, 2.45) is 0 Å². The number of hydrogen-bond donors (Lipinski definition) is 0. The highest BCUT2D eigenvalue weighted by molar-refractivity contribution is 7.11. The van der Waals surface area contributed by atoms with Crippen molar-refractivity contribution in [1.82, 2.24) is 0 Å². The van der Waals surface area contributed by atoms with Gasteiger partial charge in [0.15, 0.2) is 5.06 Å². The van der Waals surface area contributed by atoms with E-state index in [2.05, 4.69) is 48.5 Å². The second-order valence-electron chi connectivity index (χ2n) is 4.64. The summed E-state index contributed by atoms with van der Waals surface area (Å²) in [6.07, 6.45) is 0. The van der Waals surface area contributed by atoms with Gasteiger partial charge < -0.3 is 4.74 Å². The van der Waals surface area contributed by atoms with E-state index in [0.29, 0.717) is 0 Å². The molecule has 3 aromatic carbocycles. The molecular weight excluding hydrogens is 264 g/mol. The van der Waals surface area contributed by atoms with Gasteiger partial charge in [-0.3, -0.25) is 0 Å². The lowest BCUT2D eigenvalue weighted by molar-refractivity contribution is 0.496. The number of rotatable bonds is 2. The van der Waals surface area contributed by atoms with Crippen LogP contribution < -0.4 is 4.74 Å². The van der Waals surface area contributed by atoms with Crippen molar-refractivity contribution in [3.8, 4) is 10.8 Å². The molecule has 0 fully saturated rings. The number of fused-ring (bicyclic) bond motifs is 2. The van der Waals surface area contributed by atoms with Gasteiger partial charge in [-0.2, -0.15) is 0 Å². The second kappa shape index (κ2) is 4.66. The second-order valence-corrected chi connectivity index (χ2v) is 5.55. The minimum absolute atomic E-state index is 0.759. The maximum Gasteiger partial charge on any atom is 0.180 e. The van der Waals surface area contributed by atoms with E-state index in [1.807, 2.05) is 23.6 Å². The van der Waals surface area contributed by atoms with Crippen LogP contribution in [-0.4, -0.2) is 0 Å². The van der Waals surface area contributed by atoms with E-state index in [0.717, 1.165) is 16.2 Å². The lowest BCUT2D eigenvalue weighted by Gasteiger charge is -2.05. The van der Waals surface area contributed by atoms with Crippen LogP contribution in [0.2, 0.25) is 0 Å². The third-order valence-electron chi connectivity index (χ3n) is 3.30. The van der Waals surface area contributed by atoms with Crippen LogP contribution in [0.1, 0.15) is 0 Å². The van der Waals surface area contributed by atoms with Gasteiger partial charge in [0.05, 0.1) is 0 Å². The number of thiophene rings is 1. The van der Waals surface area contributed by atoms with Gasteiger partial charge in [-0.15, -0.1) is 11.3 Å². The van der Waals surface area contributed by atoms with Gasteiger partial charge in [-0.05, 0) is 57.3 Å². The zero-order chi connectivity index (χ0) is 13.4. The van der Waals surface area contributed by atoms with Crippen LogP contribution in [0, 0.1) is 6.07 Å². The van der Waals surface area contributed by atoms with Gasteiger partial charge >= 0.3 is 0 Å². The van der Waals surface area contributed by atoms with Crippen molar-refractivity contribution in [3.63, 3.8) is 0 Å². The molecule has 0 aliphatic carbocycles. The molecule has 20 heavy (non-hydrogen) atoms. The van der Waals surface area contributed by atoms with Crippen LogP contribution >= 0.6 is 11.3 Å². The fraction of sp³-hybridized carbons (Fsp3) is 0. The summed E-state index contributed by atoms with van der Waals surface area (Å²) in [6, 6.07) is 24.1. The van der Waals surface area contributed by atoms with E-state index in [4.69, 9.17) is 4.74 Å². The molecule has 0 spiro atoms. The molecule has 4 aromatic rings. The molecule has 4 rings (SSSR count). The summed E-state index contributed by atoms with van der Waals surface area (Å²) in [6.45, 7) is 0. The van der Waals surface area contributed by atoms with E-state index in [9.17, 15) is 0 Å². The van der Waals surface area contributed by atoms with Gasteiger partial charge in [0.2, 0.25) is 0 Å². The van der Waals surface area contributed by atoms with E-state index in [1.165, 1.54) is 16.2 Å². The Labute approximate surface area is 121 Å². The molecule has 1 aromatic heterocycles. The van der Waals surface area contributed by atoms with Crippen LogP contribution in [0.25, 0.3) is 21.5 Å². The predicted molar refractivity (Wildman–Crippen MR) is 84.7 cm³/mol. The molecule has 0 saturated carbocycles. The lowest BCUT2D eigenvalue weighted by atomic mass is 10.0. The molecule has 0 unspecified atom stereocenters. The first-order chi connectivity index (χ1) is 9.88. The molecule has 95 valence electrons. The Bertz CT molecular complexity index is 878. The average molecular weight is 275 g/mol. The largest absolute Gasteiger partial charge is 0.446 e. The maximum absolute atomic E-state index is 5.80. The van der Waals surface area contributed by atoms with E-state index < -0.39 is 0 Å². The fourth-order valence-corrected chi connectivity index (χ4v) is 2.92. The summed E-state index contributed by atoms with van der Waals surface area (Å²) in [5.74, 6) is 0.759. The molecule has 1 radical (unpaired) electrons. The third-order valence-corrected chi connectivity index (χ3v) is 4.04. The summed E-state index contributed by atoms with van der Waals surface area (Å²) in [5.41, 5.74) is 0. The number of ether oxygens (including phenoxy) is 1. The molecule has 2 heteroatoms. The summed E-state index contributed by atoms with van der Waals surface area (Å²) in [4.78, 5) is 0. The number of benzene rings is 3. The van der Waals surface area contributed by atoms with Crippen molar-refractivity contribution in [2.75, 3.05) is 0 Å². The summed E-state index contributed by atoms with van der Waals surface area (Å²) in [5, 5.41) is 7.63. The third kappa shape index (κ3) is 2.04. The molecular formula is C18H11OS. The van der Waals surface area contributed by atoms with E-state index in [-0.39, 0.29) is 0 Å². The Morgan fingerprint density at radius 2 is 1.65 bits per heavy atom. The highest BCUT2D eigenvalue weighted by Gasteiger charge is 2.02. The number of hydrogen-bond acceptors (Lipinski definition) is 2. The summed E-state index contributed by atoms with van der Waals surface area (Å²) in [7, 11) is 0. The van der Waals surface area contributed by atoms with Crippen LogP contribution in [0.3, 0.4) is 0 Å². The van der Waals surface area contributed by atoms with Crippen molar-refractivity contribution in [2.45, 2.75) is 0 Å². The predicted octanol–water partition coefficient (Wildman–Crippen LogP) is 5.65. The molecule has 1 nitrogen and oxygen atoms in total. The van der Waals surface area contributed by atoms with Gasteiger partial charge in [0, 0.05) is 6.07 Å². The molecule has 0 saturated heterocycles. The standard InChI is InChI=1S/C18H11OS/c1-2-5-14-11-16-12-17(19-18-6-3-9-20-18)8-7-15(16)10-13(14)4-1/h1-11H. The van der Waals surface area contributed by atoms with Crippen LogP contribution in [0.4, 0.5) is 0 Å². The molecule has 0 atom stereocenters. The average Bonchev–Trinajstić information content (AvgIpc) is 2.98. The molecule has 0 N–H and O–H groups in total. The van der Waals surface area contributed by atoms with Gasteiger partial charge in [0.25, 0.3) is 0 Å². The van der Waals surface area contributed by atoms with Crippen molar-refractivity contribution < 1.29 is 4.74 Å². The van der Waals surface area contributed by atoms with Gasteiger partial charge in [-0.1, -0.05) is 30.3 Å². The maximum atomic E-state index is 5.80. The van der Waals surface area contributed by atoms with Gasteiger partial charge in [-0.25, -0.2) is 0 Å². The highest BCUT2D eigenvalue weighted by atomic mass is 32.1. The zero-order valence-electron chi connectivity index (χ0n) is 10.7.